The van der Waals surface area contributed by atoms with Gasteiger partial charge in [0.1, 0.15) is 11.2 Å². The number of furan rings is 1. The third kappa shape index (κ3) is 5.30. The normalized spacial score (nSPS) is 11.5. The molecule has 1 heterocycles. The van der Waals surface area contributed by atoms with E-state index in [1.54, 1.807) is 0 Å². The first-order valence-corrected chi connectivity index (χ1v) is 17.7. The molecule has 0 N–H and O–H groups in total. The first-order valence-electron chi connectivity index (χ1n) is 17.7. The molecular formula is C50H33NO. The lowest BCUT2D eigenvalue weighted by Gasteiger charge is -2.26. The molecule has 0 fully saturated rings. The van der Waals surface area contributed by atoms with Crippen LogP contribution in [0, 0.1) is 0 Å². The number of benzene rings is 9. The first kappa shape index (κ1) is 30.0. The summed E-state index contributed by atoms with van der Waals surface area (Å²) >= 11 is 0. The zero-order valence-electron chi connectivity index (χ0n) is 28.4. The fraction of sp³-hybridized carbons (Fsp3) is 0. The van der Waals surface area contributed by atoms with E-state index in [0.717, 1.165) is 50.1 Å². The molecule has 10 rings (SSSR count). The summed E-state index contributed by atoms with van der Waals surface area (Å²) in [7, 11) is 0. The Labute approximate surface area is 302 Å². The van der Waals surface area contributed by atoms with Gasteiger partial charge in [-0.25, -0.2) is 0 Å². The molecule has 0 saturated heterocycles. The van der Waals surface area contributed by atoms with Gasteiger partial charge in [-0.15, -0.1) is 0 Å². The Bertz CT molecular complexity index is 2870. The van der Waals surface area contributed by atoms with Crippen LogP contribution in [0.3, 0.4) is 0 Å². The average Bonchev–Trinajstić information content (AvgIpc) is 3.59. The highest BCUT2D eigenvalue weighted by atomic mass is 16.3. The predicted octanol–water partition coefficient (Wildman–Crippen LogP) is 14.4. The topological polar surface area (TPSA) is 16.4 Å². The van der Waals surface area contributed by atoms with Gasteiger partial charge in [0.15, 0.2) is 0 Å². The van der Waals surface area contributed by atoms with Crippen molar-refractivity contribution in [1.82, 2.24) is 0 Å². The summed E-state index contributed by atoms with van der Waals surface area (Å²) in [6, 6.07) is 71.7. The maximum Gasteiger partial charge on any atom is 0.135 e. The van der Waals surface area contributed by atoms with Gasteiger partial charge in [-0.3, -0.25) is 0 Å². The molecule has 0 amide bonds. The Balaban J connectivity index is 1.05. The van der Waals surface area contributed by atoms with E-state index in [2.05, 4.69) is 205 Å². The molecule has 1 aromatic heterocycles. The molecule has 0 aliphatic rings. The lowest BCUT2D eigenvalue weighted by molar-refractivity contribution is 0.669. The number of hydrogen-bond donors (Lipinski definition) is 0. The van der Waals surface area contributed by atoms with E-state index in [0.29, 0.717) is 0 Å². The number of nitrogens with zero attached hydrogens (tertiary/aromatic N) is 1. The van der Waals surface area contributed by atoms with Crippen molar-refractivity contribution in [3.05, 3.63) is 200 Å². The first-order chi connectivity index (χ1) is 25.7. The second-order valence-electron chi connectivity index (χ2n) is 13.4. The van der Waals surface area contributed by atoms with Gasteiger partial charge in [-0.2, -0.15) is 0 Å². The molecule has 2 nitrogen and oxygen atoms in total. The molecule has 0 spiro atoms. The van der Waals surface area contributed by atoms with E-state index in [1.807, 2.05) is 0 Å². The zero-order chi connectivity index (χ0) is 34.4. The minimum Gasteiger partial charge on any atom is -0.456 e. The molecule has 0 radical (unpaired) electrons. The summed E-state index contributed by atoms with van der Waals surface area (Å²) in [6.07, 6.45) is 0. The van der Waals surface area contributed by atoms with Crippen molar-refractivity contribution < 1.29 is 4.42 Å². The molecule has 244 valence electrons. The van der Waals surface area contributed by atoms with Crippen molar-refractivity contribution in [2.24, 2.45) is 0 Å². The van der Waals surface area contributed by atoms with Crippen molar-refractivity contribution in [2.75, 3.05) is 4.90 Å². The average molecular weight is 664 g/mol. The van der Waals surface area contributed by atoms with E-state index in [9.17, 15) is 0 Å². The molecule has 9 aromatic carbocycles. The van der Waals surface area contributed by atoms with Crippen LogP contribution in [0.2, 0.25) is 0 Å². The SMILES string of the molecule is c1ccc(-c2ccc(N(c3ccc(-c4ccc5oc6ccc(-c7ccccc7)cc6c5c4)cc3)c3ccc4c(ccc5ccccc54)c3)cc2)cc1. The maximum atomic E-state index is 6.27. The van der Waals surface area contributed by atoms with Crippen LogP contribution in [-0.4, -0.2) is 0 Å². The highest BCUT2D eigenvalue weighted by Gasteiger charge is 2.16. The lowest BCUT2D eigenvalue weighted by Crippen LogP contribution is -2.09. The fourth-order valence-corrected chi connectivity index (χ4v) is 7.59. The van der Waals surface area contributed by atoms with E-state index >= 15 is 0 Å². The summed E-state index contributed by atoms with van der Waals surface area (Å²) in [5.41, 5.74) is 12.2. The predicted molar refractivity (Wildman–Crippen MR) is 220 cm³/mol. The van der Waals surface area contributed by atoms with Crippen LogP contribution >= 0.6 is 0 Å². The van der Waals surface area contributed by atoms with Crippen molar-refractivity contribution in [1.29, 1.82) is 0 Å². The largest absolute Gasteiger partial charge is 0.456 e. The fourth-order valence-electron chi connectivity index (χ4n) is 7.59. The van der Waals surface area contributed by atoms with Gasteiger partial charge in [-0.1, -0.05) is 140 Å². The van der Waals surface area contributed by atoms with Crippen LogP contribution in [-0.2, 0) is 0 Å². The third-order valence-electron chi connectivity index (χ3n) is 10.3. The molecule has 10 aromatic rings. The van der Waals surface area contributed by atoms with Crippen molar-refractivity contribution in [3.63, 3.8) is 0 Å². The molecule has 0 atom stereocenters. The quantitative estimate of drug-likeness (QED) is 0.165. The molecule has 0 saturated carbocycles. The molecule has 0 bridgehead atoms. The Morgan fingerprint density at radius 2 is 0.712 bits per heavy atom. The van der Waals surface area contributed by atoms with Crippen molar-refractivity contribution in [3.8, 4) is 33.4 Å². The highest BCUT2D eigenvalue weighted by Crippen LogP contribution is 2.40. The Morgan fingerprint density at radius 1 is 0.269 bits per heavy atom. The maximum absolute atomic E-state index is 6.27. The summed E-state index contributed by atoms with van der Waals surface area (Å²) in [6.45, 7) is 0. The van der Waals surface area contributed by atoms with Gasteiger partial charge in [0, 0.05) is 27.8 Å². The van der Waals surface area contributed by atoms with Crippen LogP contribution in [0.1, 0.15) is 0 Å². The van der Waals surface area contributed by atoms with Crippen LogP contribution in [0.15, 0.2) is 205 Å². The van der Waals surface area contributed by atoms with Gasteiger partial charge >= 0.3 is 0 Å². The van der Waals surface area contributed by atoms with E-state index < -0.39 is 0 Å². The van der Waals surface area contributed by atoms with Gasteiger partial charge in [0.05, 0.1) is 0 Å². The van der Waals surface area contributed by atoms with E-state index in [-0.39, 0.29) is 0 Å². The standard InChI is InChI=1S/C50H33NO/c1-3-9-34(10-4-1)36-17-23-42(24-18-36)51(44-27-28-46-41(31-44)16-15-38-13-7-8-14-45(38)46)43-25-19-37(20-26-43)40-22-30-50-48(33-40)47-32-39(21-29-49(47)52-50)35-11-5-2-6-12-35/h1-33H. The third-order valence-corrected chi connectivity index (χ3v) is 10.3. The Kier molecular flexibility index (Phi) is 7.18. The van der Waals surface area contributed by atoms with Crippen molar-refractivity contribution in [2.45, 2.75) is 0 Å². The molecule has 0 aliphatic heterocycles. The van der Waals surface area contributed by atoms with Gasteiger partial charge in [0.2, 0.25) is 0 Å². The molecular weight excluding hydrogens is 631 g/mol. The monoisotopic (exact) mass is 663 g/mol. The summed E-state index contributed by atoms with van der Waals surface area (Å²) < 4.78 is 6.27. The van der Waals surface area contributed by atoms with Gasteiger partial charge < -0.3 is 9.32 Å². The number of fused-ring (bicyclic) bond motifs is 6. The smallest absolute Gasteiger partial charge is 0.135 e. The van der Waals surface area contributed by atoms with E-state index in [1.165, 1.54) is 43.8 Å². The van der Waals surface area contributed by atoms with Gasteiger partial charge in [0.25, 0.3) is 0 Å². The zero-order valence-corrected chi connectivity index (χ0v) is 28.4. The minimum atomic E-state index is 0.898. The summed E-state index contributed by atoms with van der Waals surface area (Å²) in [4.78, 5) is 2.35. The summed E-state index contributed by atoms with van der Waals surface area (Å²) in [5.74, 6) is 0. The van der Waals surface area contributed by atoms with E-state index in [4.69, 9.17) is 4.42 Å². The number of rotatable bonds is 6. The Hall–Kier alpha value is -6.90. The van der Waals surface area contributed by atoms with Crippen LogP contribution < -0.4 is 4.90 Å². The van der Waals surface area contributed by atoms with Crippen molar-refractivity contribution >= 4 is 60.5 Å². The molecule has 0 unspecified atom stereocenters. The minimum absolute atomic E-state index is 0.898. The summed E-state index contributed by atoms with van der Waals surface area (Å²) in [5, 5.41) is 7.25. The second-order valence-corrected chi connectivity index (χ2v) is 13.4. The Morgan fingerprint density at radius 3 is 1.33 bits per heavy atom. The van der Waals surface area contributed by atoms with Crippen LogP contribution in [0.4, 0.5) is 17.1 Å². The van der Waals surface area contributed by atoms with Crippen LogP contribution in [0.25, 0.3) is 76.9 Å². The molecule has 2 heteroatoms. The number of hydrogen-bond acceptors (Lipinski definition) is 2. The highest BCUT2D eigenvalue weighted by molar-refractivity contribution is 6.09. The lowest BCUT2D eigenvalue weighted by atomic mass is 9.99. The molecule has 0 aliphatic carbocycles. The van der Waals surface area contributed by atoms with Gasteiger partial charge in [-0.05, 0) is 116 Å². The van der Waals surface area contributed by atoms with Crippen LogP contribution in [0.5, 0.6) is 0 Å². The second kappa shape index (κ2) is 12.5. The number of anilines is 3. The molecule has 52 heavy (non-hydrogen) atoms.